The Labute approximate surface area is 118 Å². The molecule has 1 aromatic heterocycles. The molecule has 1 heterocycles. The summed E-state index contributed by atoms with van der Waals surface area (Å²) < 4.78 is 1.35. The normalized spacial score (nSPS) is 10.4. The molecule has 0 aliphatic rings. The minimum absolute atomic E-state index is 0.0124. The molecule has 0 aliphatic carbocycles. The third-order valence-corrected chi connectivity index (χ3v) is 3.11. The highest BCUT2D eigenvalue weighted by molar-refractivity contribution is 6.31. The predicted molar refractivity (Wildman–Crippen MR) is 74.7 cm³/mol. The van der Waals surface area contributed by atoms with Gasteiger partial charge in [0.25, 0.3) is 11.2 Å². The predicted octanol–water partition coefficient (Wildman–Crippen LogP) is 1.63. The molecule has 0 saturated carbocycles. The van der Waals surface area contributed by atoms with Crippen LogP contribution in [0.25, 0.3) is 0 Å². The van der Waals surface area contributed by atoms with Gasteiger partial charge in [0.05, 0.1) is 11.3 Å². The Bertz CT molecular complexity index is 697. The van der Waals surface area contributed by atoms with E-state index in [0.717, 1.165) is 5.56 Å². The fourth-order valence-electron chi connectivity index (χ4n) is 1.68. The van der Waals surface area contributed by atoms with E-state index in [1.807, 2.05) is 0 Å². The molecule has 7 nitrogen and oxygen atoms in total. The molecule has 0 saturated heterocycles. The lowest BCUT2D eigenvalue weighted by Gasteiger charge is -2.06. The van der Waals surface area contributed by atoms with Crippen molar-refractivity contribution in [1.82, 2.24) is 9.55 Å². The van der Waals surface area contributed by atoms with Gasteiger partial charge in [0.15, 0.2) is 5.15 Å². The summed E-state index contributed by atoms with van der Waals surface area (Å²) in [5.74, 6) is 0. The fourth-order valence-corrected chi connectivity index (χ4v) is 1.80. The van der Waals surface area contributed by atoms with Crippen LogP contribution in [-0.4, -0.2) is 14.5 Å². The molecule has 0 unspecified atom stereocenters. The van der Waals surface area contributed by atoms with Crippen LogP contribution in [0.3, 0.4) is 0 Å². The van der Waals surface area contributed by atoms with E-state index in [4.69, 9.17) is 17.3 Å². The van der Waals surface area contributed by atoms with Gasteiger partial charge in [-0.25, -0.2) is 4.98 Å². The van der Waals surface area contributed by atoms with Crippen LogP contribution in [0.4, 0.5) is 11.4 Å². The number of nitrogens with zero attached hydrogens (tertiary/aromatic N) is 3. The van der Waals surface area contributed by atoms with Crippen LogP contribution in [-0.2, 0) is 13.0 Å². The number of benzene rings is 1. The van der Waals surface area contributed by atoms with Gasteiger partial charge in [0.1, 0.15) is 5.69 Å². The molecule has 0 spiro atoms. The summed E-state index contributed by atoms with van der Waals surface area (Å²) in [7, 11) is 0. The van der Waals surface area contributed by atoms with Crippen LogP contribution < -0.4 is 11.3 Å². The van der Waals surface area contributed by atoms with Gasteiger partial charge >= 0.3 is 0 Å². The van der Waals surface area contributed by atoms with Crippen molar-refractivity contribution in [2.45, 2.75) is 13.0 Å². The van der Waals surface area contributed by atoms with Gasteiger partial charge < -0.3 is 5.73 Å². The number of hydrogen-bond donors (Lipinski definition) is 1. The lowest BCUT2D eigenvalue weighted by molar-refractivity contribution is -0.384. The summed E-state index contributed by atoms with van der Waals surface area (Å²) in [5, 5.41) is 10.5. The number of nitrogens with two attached hydrogens (primary N) is 1. The molecule has 0 atom stereocenters. The molecule has 8 heteroatoms. The van der Waals surface area contributed by atoms with Crippen molar-refractivity contribution in [2.75, 3.05) is 5.73 Å². The number of rotatable bonds is 4. The lowest BCUT2D eigenvalue weighted by atomic mass is 10.1. The number of aromatic nitrogens is 2. The molecule has 104 valence electrons. The number of nitrogen functional groups attached to an aromatic ring is 1. The molecular formula is C12H11ClN4O3. The Balaban J connectivity index is 2.11. The highest BCUT2D eigenvalue weighted by Crippen LogP contribution is 2.13. The van der Waals surface area contributed by atoms with Gasteiger partial charge in [-0.2, -0.15) is 0 Å². The Kier molecular flexibility index (Phi) is 3.99. The maximum Gasteiger partial charge on any atom is 0.278 e. The van der Waals surface area contributed by atoms with Crippen LogP contribution in [0.2, 0.25) is 5.15 Å². The lowest BCUT2D eigenvalue weighted by Crippen LogP contribution is -2.24. The van der Waals surface area contributed by atoms with E-state index in [1.165, 1.54) is 23.0 Å². The summed E-state index contributed by atoms with van der Waals surface area (Å²) in [6, 6.07) is 6.14. The summed E-state index contributed by atoms with van der Waals surface area (Å²) in [6.07, 6.45) is 1.85. The maximum atomic E-state index is 11.8. The first-order valence-electron chi connectivity index (χ1n) is 5.73. The van der Waals surface area contributed by atoms with E-state index in [-0.39, 0.29) is 16.5 Å². The molecular weight excluding hydrogens is 284 g/mol. The Morgan fingerprint density at radius 1 is 1.35 bits per heavy atom. The summed E-state index contributed by atoms with van der Waals surface area (Å²) in [4.78, 5) is 25.7. The van der Waals surface area contributed by atoms with Gasteiger partial charge in [0, 0.05) is 18.7 Å². The molecule has 20 heavy (non-hydrogen) atoms. The molecule has 0 amide bonds. The number of hydrogen-bond acceptors (Lipinski definition) is 5. The van der Waals surface area contributed by atoms with E-state index in [1.54, 1.807) is 12.1 Å². The topological polar surface area (TPSA) is 104 Å². The number of anilines is 1. The second-order valence-electron chi connectivity index (χ2n) is 4.12. The highest BCUT2D eigenvalue weighted by Gasteiger charge is 2.07. The van der Waals surface area contributed by atoms with Crippen molar-refractivity contribution >= 4 is 23.0 Å². The van der Waals surface area contributed by atoms with E-state index in [2.05, 4.69) is 4.98 Å². The summed E-state index contributed by atoms with van der Waals surface area (Å²) in [6.45, 7) is 0.366. The largest absolute Gasteiger partial charge is 0.392 e. The van der Waals surface area contributed by atoms with Crippen LogP contribution in [0, 0.1) is 10.1 Å². The molecule has 0 radical (unpaired) electrons. The maximum absolute atomic E-state index is 11.8. The van der Waals surface area contributed by atoms with Crippen molar-refractivity contribution in [1.29, 1.82) is 0 Å². The van der Waals surface area contributed by atoms with E-state index < -0.39 is 10.5 Å². The van der Waals surface area contributed by atoms with Crippen LogP contribution in [0.1, 0.15) is 5.56 Å². The van der Waals surface area contributed by atoms with E-state index in [0.29, 0.717) is 13.0 Å². The first-order valence-corrected chi connectivity index (χ1v) is 6.10. The van der Waals surface area contributed by atoms with Crippen LogP contribution >= 0.6 is 11.6 Å². The first-order chi connectivity index (χ1) is 9.49. The second-order valence-corrected chi connectivity index (χ2v) is 4.48. The zero-order valence-corrected chi connectivity index (χ0v) is 11.1. The van der Waals surface area contributed by atoms with Crippen molar-refractivity contribution in [3.05, 3.63) is 61.8 Å². The van der Waals surface area contributed by atoms with Crippen molar-refractivity contribution < 1.29 is 4.92 Å². The standard InChI is InChI=1S/C12H11ClN4O3/c13-11-10(14)12(18)16(7-15-11)6-5-8-1-3-9(4-2-8)17(19)20/h1-4,7H,5-6,14H2. The van der Waals surface area contributed by atoms with E-state index >= 15 is 0 Å². The Morgan fingerprint density at radius 3 is 2.60 bits per heavy atom. The minimum Gasteiger partial charge on any atom is -0.392 e. The fraction of sp³-hybridized carbons (Fsp3) is 0.167. The van der Waals surface area contributed by atoms with E-state index in [9.17, 15) is 14.9 Å². The monoisotopic (exact) mass is 294 g/mol. The average Bonchev–Trinajstić information content (AvgIpc) is 2.44. The number of halogens is 1. The number of non-ortho nitro benzene ring substituents is 1. The number of aryl methyl sites for hydroxylation is 2. The molecule has 2 rings (SSSR count). The second kappa shape index (κ2) is 5.70. The molecule has 0 fully saturated rings. The van der Waals surface area contributed by atoms with Crippen LogP contribution in [0.5, 0.6) is 0 Å². The Morgan fingerprint density at radius 2 is 2.00 bits per heavy atom. The third kappa shape index (κ3) is 2.94. The number of nitro benzene ring substituents is 1. The van der Waals surface area contributed by atoms with Gasteiger partial charge in [-0.3, -0.25) is 19.5 Å². The number of nitro groups is 1. The molecule has 0 aliphatic heterocycles. The molecule has 0 bridgehead atoms. The van der Waals surface area contributed by atoms with Crippen molar-refractivity contribution in [3.8, 4) is 0 Å². The van der Waals surface area contributed by atoms with Gasteiger partial charge in [-0.1, -0.05) is 23.7 Å². The molecule has 2 N–H and O–H groups in total. The van der Waals surface area contributed by atoms with Crippen molar-refractivity contribution in [2.24, 2.45) is 0 Å². The quantitative estimate of drug-likeness (QED) is 0.524. The van der Waals surface area contributed by atoms with Gasteiger partial charge in [-0.15, -0.1) is 0 Å². The summed E-state index contributed by atoms with van der Waals surface area (Å²) in [5.41, 5.74) is 5.92. The zero-order valence-electron chi connectivity index (χ0n) is 10.3. The highest BCUT2D eigenvalue weighted by atomic mass is 35.5. The molecule has 1 aromatic carbocycles. The third-order valence-electron chi connectivity index (χ3n) is 2.81. The molecule has 2 aromatic rings. The summed E-state index contributed by atoms with van der Waals surface area (Å²) >= 11 is 5.64. The van der Waals surface area contributed by atoms with Gasteiger partial charge in [0.2, 0.25) is 0 Å². The Hall–Kier alpha value is -2.41. The zero-order chi connectivity index (χ0) is 14.7. The van der Waals surface area contributed by atoms with Crippen molar-refractivity contribution in [3.63, 3.8) is 0 Å². The first kappa shape index (κ1) is 14.0. The smallest absolute Gasteiger partial charge is 0.278 e. The van der Waals surface area contributed by atoms with Crippen LogP contribution in [0.15, 0.2) is 35.4 Å². The van der Waals surface area contributed by atoms with Gasteiger partial charge in [-0.05, 0) is 12.0 Å². The minimum atomic E-state index is -0.460. The SMILES string of the molecule is Nc1c(Cl)ncn(CCc2ccc([N+](=O)[O-])cc2)c1=O. The average molecular weight is 295 g/mol.